The zero-order valence-electron chi connectivity index (χ0n) is 14.6. The number of nitrogens with zero attached hydrogens (tertiary/aromatic N) is 1. The summed E-state index contributed by atoms with van der Waals surface area (Å²) in [5.74, 6) is 0.00913. The molecule has 0 radical (unpaired) electrons. The maximum absolute atomic E-state index is 14.4. The first-order valence-corrected chi connectivity index (χ1v) is 9.00. The van der Waals surface area contributed by atoms with Crippen LogP contribution in [0.3, 0.4) is 0 Å². The van der Waals surface area contributed by atoms with Crippen LogP contribution in [0.5, 0.6) is 5.75 Å². The van der Waals surface area contributed by atoms with Gasteiger partial charge >= 0.3 is 0 Å². The molecule has 1 atom stereocenters. The summed E-state index contributed by atoms with van der Waals surface area (Å²) in [5, 5.41) is 2.84. The second-order valence-corrected chi connectivity index (χ2v) is 6.83. The second-order valence-electron chi connectivity index (χ2n) is 6.83. The van der Waals surface area contributed by atoms with Gasteiger partial charge in [-0.25, -0.2) is 4.39 Å². The van der Waals surface area contributed by atoms with Gasteiger partial charge in [0.2, 0.25) is 11.8 Å². The molecule has 0 bridgehead atoms. The number of piperidine rings is 1. The zero-order chi connectivity index (χ0) is 17.8. The molecule has 1 aromatic rings. The van der Waals surface area contributed by atoms with Crippen LogP contribution in [0.25, 0.3) is 0 Å². The van der Waals surface area contributed by atoms with E-state index in [4.69, 9.17) is 4.74 Å². The first-order valence-electron chi connectivity index (χ1n) is 9.00. The lowest BCUT2D eigenvalue weighted by Gasteiger charge is -2.34. The van der Waals surface area contributed by atoms with E-state index < -0.39 is 6.04 Å². The number of hydrogen-bond donors (Lipinski definition) is 1. The van der Waals surface area contributed by atoms with Crippen LogP contribution >= 0.6 is 0 Å². The van der Waals surface area contributed by atoms with E-state index in [-0.39, 0.29) is 29.3 Å². The fourth-order valence-electron chi connectivity index (χ4n) is 3.79. The third kappa shape index (κ3) is 3.94. The molecule has 1 aromatic carbocycles. The number of hydrogen-bond acceptors (Lipinski definition) is 3. The van der Waals surface area contributed by atoms with E-state index >= 15 is 0 Å². The van der Waals surface area contributed by atoms with Crippen LogP contribution in [-0.2, 0) is 9.59 Å². The topological polar surface area (TPSA) is 58.6 Å². The van der Waals surface area contributed by atoms with E-state index in [9.17, 15) is 14.0 Å². The molecule has 2 amide bonds. The van der Waals surface area contributed by atoms with E-state index in [1.807, 2.05) is 4.90 Å². The van der Waals surface area contributed by atoms with Gasteiger partial charge in [0, 0.05) is 19.5 Å². The first kappa shape index (κ1) is 17.7. The number of benzene rings is 1. The van der Waals surface area contributed by atoms with Crippen LogP contribution in [-0.4, -0.2) is 43.0 Å². The number of amides is 2. The van der Waals surface area contributed by atoms with Gasteiger partial charge in [0.15, 0.2) is 11.6 Å². The Morgan fingerprint density at radius 3 is 2.72 bits per heavy atom. The Labute approximate surface area is 147 Å². The maximum Gasteiger partial charge on any atom is 0.245 e. The summed E-state index contributed by atoms with van der Waals surface area (Å²) < 4.78 is 19.5. The van der Waals surface area contributed by atoms with Crippen LogP contribution in [0.1, 0.15) is 50.0 Å². The standard InChI is InChI=1S/C19H25FN2O3/c1-25-16-7-4-5-14(18(16)20)13-9-11-22(12-10-13)19(24)15-6-2-3-8-17(23)21-15/h4-5,7,13,15H,2-3,6,8-12H2,1H3,(H,21,23). The molecule has 1 unspecified atom stereocenters. The Balaban J connectivity index is 1.62. The number of nitrogens with one attached hydrogen (secondary N) is 1. The number of halogens is 1. The number of likely N-dealkylation sites (tertiary alicyclic amines) is 1. The molecule has 2 fully saturated rings. The normalized spacial score (nSPS) is 22.2. The molecule has 136 valence electrons. The Morgan fingerprint density at radius 1 is 1.24 bits per heavy atom. The van der Waals surface area contributed by atoms with E-state index in [1.165, 1.54) is 7.11 Å². The van der Waals surface area contributed by atoms with Crippen molar-refractivity contribution in [1.82, 2.24) is 10.2 Å². The van der Waals surface area contributed by atoms with Crippen LogP contribution in [0.2, 0.25) is 0 Å². The quantitative estimate of drug-likeness (QED) is 0.913. The van der Waals surface area contributed by atoms with Crippen molar-refractivity contribution in [3.05, 3.63) is 29.6 Å². The lowest BCUT2D eigenvalue weighted by Crippen LogP contribution is -2.49. The fourth-order valence-corrected chi connectivity index (χ4v) is 3.79. The highest BCUT2D eigenvalue weighted by atomic mass is 19.1. The molecular weight excluding hydrogens is 323 g/mol. The number of carbonyl (C=O) groups is 2. The van der Waals surface area contributed by atoms with Crippen LogP contribution in [0.4, 0.5) is 4.39 Å². The van der Waals surface area contributed by atoms with Crippen LogP contribution < -0.4 is 10.1 Å². The molecule has 2 heterocycles. The molecule has 5 nitrogen and oxygen atoms in total. The summed E-state index contributed by atoms with van der Waals surface area (Å²) in [5.41, 5.74) is 0.661. The van der Waals surface area contributed by atoms with Gasteiger partial charge in [0.1, 0.15) is 6.04 Å². The molecule has 0 saturated carbocycles. The van der Waals surface area contributed by atoms with Gasteiger partial charge in [-0.05, 0) is 43.2 Å². The number of rotatable bonds is 3. The molecule has 6 heteroatoms. The minimum Gasteiger partial charge on any atom is -0.494 e. The Bertz CT molecular complexity index is 642. The summed E-state index contributed by atoms with van der Waals surface area (Å²) >= 11 is 0. The van der Waals surface area contributed by atoms with E-state index in [0.29, 0.717) is 31.5 Å². The molecule has 0 spiro atoms. The smallest absolute Gasteiger partial charge is 0.245 e. The lowest BCUT2D eigenvalue weighted by atomic mass is 9.88. The molecule has 0 aliphatic carbocycles. The van der Waals surface area contributed by atoms with Crippen molar-refractivity contribution in [3.8, 4) is 5.75 Å². The second kappa shape index (κ2) is 7.85. The average Bonchev–Trinajstić information content (AvgIpc) is 2.86. The minimum atomic E-state index is -0.403. The zero-order valence-corrected chi connectivity index (χ0v) is 14.6. The monoisotopic (exact) mass is 348 g/mol. The van der Waals surface area contributed by atoms with Gasteiger partial charge in [-0.2, -0.15) is 0 Å². The van der Waals surface area contributed by atoms with E-state index in [0.717, 1.165) is 25.7 Å². The third-order valence-corrected chi connectivity index (χ3v) is 5.24. The Hall–Kier alpha value is -2.11. The summed E-state index contributed by atoms with van der Waals surface area (Å²) in [6.07, 6.45) is 4.37. The van der Waals surface area contributed by atoms with E-state index in [1.54, 1.807) is 18.2 Å². The van der Waals surface area contributed by atoms with Gasteiger partial charge in [0.05, 0.1) is 7.11 Å². The van der Waals surface area contributed by atoms with Crippen molar-refractivity contribution in [2.75, 3.05) is 20.2 Å². The fraction of sp³-hybridized carbons (Fsp3) is 0.579. The summed E-state index contributed by atoms with van der Waals surface area (Å²) in [6.45, 7) is 1.18. The molecule has 0 aromatic heterocycles. The summed E-state index contributed by atoms with van der Waals surface area (Å²) in [7, 11) is 1.46. The predicted octanol–water partition coefficient (Wildman–Crippen LogP) is 2.60. The molecule has 1 N–H and O–H groups in total. The van der Waals surface area contributed by atoms with Crippen molar-refractivity contribution in [2.45, 2.75) is 50.5 Å². The Kier molecular flexibility index (Phi) is 5.56. The molecular formula is C19H25FN2O3. The maximum atomic E-state index is 14.4. The Morgan fingerprint density at radius 2 is 2.00 bits per heavy atom. The molecule has 2 aliphatic rings. The van der Waals surface area contributed by atoms with Crippen molar-refractivity contribution in [2.24, 2.45) is 0 Å². The predicted molar refractivity (Wildman–Crippen MR) is 91.9 cm³/mol. The van der Waals surface area contributed by atoms with Crippen molar-refractivity contribution >= 4 is 11.8 Å². The van der Waals surface area contributed by atoms with Gasteiger partial charge in [0.25, 0.3) is 0 Å². The van der Waals surface area contributed by atoms with Crippen molar-refractivity contribution in [3.63, 3.8) is 0 Å². The number of methoxy groups -OCH3 is 1. The third-order valence-electron chi connectivity index (χ3n) is 5.24. The number of ether oxygens (including phenoxy) is 1. The minimum absolute atomic E-state index is 0.000172. The highest BCUT2D eigenvalue weighted by Crippen LogP contribution is 2.33. The van der Waals surface area contributed by atoms with Crippen molar-refractivity contribution in [1.29, 1.82) is 0 Å². The summed E-state index contributed by atoms with van der Waals surface area (Å²) in [6, 6.07) is 4.81. The summed E-state index contributed by atoms with van der Waals surface area (Å²) in [4.78, 5) is 26.2. The van der Waals surface area contributed by atoms with Gasteiger partial charge < -0.3 is 15.0 Å². The van der Waals surface area contributed by atoms with Crippen LogP contribution in [0.15, 0.2) is 18.2 Å². The van der Waals surface area contributed by atoms with Gasteiger partial charge in [-0.3, -0.25) is 9.59 Å². The lowest BCUT2D eigenvalue weighted by molar-refractivity contribution is -0.137. The highest BCUT2D eigenvalue weighted by molar-refractivity contribution is 5.88. The molecule has 3 rings (SSSR count). The van der Waals surface area contributed by atoms with Crippen LogP contribution in [0, 0.1) is 5.82 Å². The largest absolute Gasteiger partial charge is 0.494 e. The van der Waals surface area contributed by atoms with Gasteiger partial charge in [-0.1, -0.05) is 18.6 Å². The average molecular weight is 348 g/mol. The van der Waals surface area contributed by atoms with Crippen molar-refractivity contribution < 1.29 is 18.7 Å². The van der Waals surface area contributed by atoms with Gasteiger partial charge in [-0.15, -0.1) is 0 Å². The highest BCUT2D eigenvalue weighted by Gasteiger charge is 2.31. The van der Waals surface area contributed by atoms with E-state index in [2.05, 4.69) is 5.32 Å². The molecule has 25 heavy (non-hydrogen) atoms. The first-order chi connectivity index (χ1) is 12.1. The number of carbonyl (C=O) groups excluding carboxylic acids is 2. The molecule has 2 aliphatic heterocycles. The SMILES string of the molecule is COc1cccc(C2CCN(C(=O)C3CCCCC(=O)N3)CC2)c1F. The molecule has 2 saturated heterocycles.